The van der Waals surface area contributed by atoms with Crippen molar-refractivity contribution in [1.29, 1.82) is 0 Å². The van der Waals surface area contributed by atoms with Crippen LogP contribution in [0.5, 0.6) is 0 Å². The number of carbonyl (C=O) groups is 1. The molecule has 1 fully saturated rings. The number of pyridine rings is 2. The number of amides is 1. The molecule has 0 bridgehead atoms. The number of thiophene rings is 1. The zero-order valence-corrected chi connectivity index (χ0v) is 16.5. The summed E-state index contributed by atoms with van der Waals surface area (Å²) in [7, 11) is 0. The minimum absolute atomic E-state index is 0.0185. The van der Waals surface area contributed by atoms with Gasteiger partial charge in [0.05, 0.1) is 16.6 Å². The number of rotatable bonds is 6. The Morgan fingerprint density at radius 2 is 2.18 bits per heavy atom. The molecule has 0 radical (unpaired) electrons. The molecular weight excluding hydrogens is 368 g/mol. The number of aromatic nitrogens is 2. The molecule has 144 valence electrons. The summed E-state index contributed by atoms with van der Waals surface area (Å²) in [6.45, 7) is 2.89. The second-order valence-electron chi connectivity index (χ2n) is 7.18. The van der Waals surface area contributed by atoms with Crippen molar-refractivity contribution in [3.63, 3.8) is 0 Å². The molecule has 2 atom stereocenters. The fraction of sp³-hybridized carbons (Fsp3) is 0.318. The van der Waals surface area contributed by atoms with Crippen molar-refractivity contribution in [3.8, 4) is 0 Å². The third kappa shape index (κ3) is 4.64. The van der Waals surface area contributed by atoms with Gasteiger partial charge in [-0.2, -0.15) is 0 Å². The molecule has 1 aliphatic rings. The van der Waals surface area contributed by atoms with Gasteiger partial charge in [-0.15, -0.1) is 11.3 Å². The van der Waals surface area contributed by atoms with Crippen LogP contribution in [0.15, 0.2) is 66.4 Å². The molecule has 1 aliphatic heterocycles. The predicted molar refractivity (Wildman–Crippen MR) is 111 cm³/mol. The molecule has 1 amide bonds. The van der Waals surface area contributed by atoms with Crippen LogP contribution in [0.2, 0.25) is 0 Å². The Morgan fingerprint density at radius 1 is 1.21 bits per heavy atom. The first-order chi connectivity index (χ1) is 13.8. The Hall–Kier alpha value is -2.57. The average Bonchev–Trinajstić information content (AvgIpc) is 3.29. The van der Waals surface area contributed by atoms with Crippen LogP contribution in [0, 0.1) is 5.92 Å². The maximum absolute atomic E-state index is 12.8. The Bertz CT molecular complexity index is 870. The molecule has 0 aromatic carbocycles. The van der Waals surface area contributed by atoms with Gasteiger partial charge in [0.15, 0.2) is 0 Å². The Kier molecular flexibility index (Phi) is 6.09. The van der Waals surface area contributed by atoms with E-state index in [1.54, 1.807) is 12.4 Å². The molecule has 28 heavy (non-hydrogen) atoms. The molecular formula is C22H24N4OS. The van der Waals surface area contributed by atoms with Crippen LogP contribution in [-0.4, -0.2) is 33.9 Å². The van der Waals surface area contributed by atoms with Gasteiger partial charge < -0.3 is 5.32 Å². The molecule has 1 saturated heterocycles. The third-order valence-corrected chi connectivity index (χ3v) is 6.05. The van der Waals surface area contributed by atoms with Crippen molar-refractivity contribution >= 4 is 17.2 Å². The number of piperidine rings is 1. The van der Waals surface area contributed by atoms with Crippen LogP contribution >= 0.6 is 11.3 Å². The van der Waals surface area contributed by atoms with E-state index in [9.17, 15) is 4.79 Å². The van der Waals surface area contributed by atoms with Crippen molar-refractivity contribution in [3.05, 3.63) is 82.6 Å². The highest BCUT2D eigenvalue weighted by Crippen LogP contribution is 2.30. The lowest BCUT2D eigenvalue weighted by molar-refractivity contribution is 0.0879. The van der Waals surface area contributed by atoms with Gasteiger partial charge in [-0.3, -0.25) is 19.7 Å². The monoisotopic (exact) mass is 392 g/mol. The lowest BCUT2D eigenvalue weighted by Crippen LogP contribution is -2.43. The van der Waals surface area contributed by atoms with E-state index in [1.807, 2.05) is 48.0 Å². The summed E-state index contributed by atoms with van der Waals surface area (Å²) >= 11 is 1.47. The van der Waals surface area contributed by atoms with E-state index in [1.165, 1.54) is 16.9 Å². The van der Waals surface area contributed by atoms with Gasteiger partial charge in [0.25, 0.3) is 5.91 Å². The highest BCUT2D eigenvalue weighted by molar-refractivity contribution is 7.12. The molecule has 5 nitrogen and oxygen atoms in total. The quantitative estimate of drug-likeness (QED) is 0.691. The molecule has 6 heteroatoms. The molecule has 3 aromatic heterocycles. The van der Waals surface area contributed by atoms with Crippen LogP contribution in [-0.2, 0) is 6.54 Å². The van der Waals surface area contributed by atoms with Gasteiger partial charge in [-0.1, -0.05) is 18.2 Å². The topological polar surface area (TPSA) is 58.1 Å². The van der Waals surface area contributed by atoms with Gasteiger partial charge in [0.1, 0.15) is 0 Å². The maximum atomic E-state index is 12.8. The fourth-order valence-corrected chi connectivity index (χ4v) is 4.50. The number of likely N-dealkylation sites (tertiary alicyclic amines) is 1. The van der Waals surface area contributed by atoms with Crippen LogP contribution in [0.1, 0.15) is 39.8 Å². The average molecular weight is 393 g/mol. The molecule has 3 aromatic rings. The Morgan fingerprint density at radius 3 is 2.93 bits per heavy atom. The van der Waals surface area contributed by atoms with E-state index in [0.717, 1.165) is 43.0 Å². The number of carbonyl (C=O) groups excluding carboxylic acids is 1. The minimum atomic E-state index is -0.0903. The van der Waals surface area contributed by atoms with Crippen LogP contribution in [0.3, 0.4) is 0 Å². The number of hydrogen-bond donors (Lipinski definition) is 1. The normalized spacial score (nSPS) is 18.5. The first-order valence-electron chi connectivity index (χ1n) is 9.66. The fourth-order valence-electron chi connectivity index (χ4n) is 3.87. The van der Waals surface area contributed by atoms with Crippen molar-refractivity contribution in [2.75, 3.05) is 13.1 Å². The Labute approximate surface area is 169 Å². The molecule has 0 unspecified atom stereocenters. The second-order valence-corrected chi connectivity index (χ2v) is 8.13. The standard InChI is InChI=1S/C22H24N4OS/c27-22(20-9-5-13-28-20)25-21(19-8-1-2-11-24-19)18-7-4-12-26(16-18)15-17-6-3-10-23-14-17/h1-3,5-6,8-11,13-14,18,21H,4,7,12,15-16H2,(H,25,27)/t18-,21+/m0/s1. The lowest BCUT2D eigenvalue weighted by atomic mass is 9.88. The summed E-state index contributed by atoms with van der Waals surface area (Å²) in [6, 6.07) is 13.7. The van der Waals surface area contributed by atoms with Crippen LogP contribution < -0.4 is 5.32 Å². The summed E-state index contributed by atoms with van der Waals surface area (Å²) in [5, 5.41) is 5.19. The van der Waals surface area contributed by atoms with Crippen LogP contribution in [0.4, 0.5) is 0 Å². The van der Waals surface area contributed by atoms with E-state index in [-0.39, 0.29) is 11.9 Å². The SMILES string of the molecule is O=C(N[C@@H](c1ccccn1)[C@H]1CCCN(Cc2cccnc2)C1)c1cccs1. The van der Waals surface area contributed by atoms with E-state index < -0.39 is 0 Å². The molecule has 1 N–H and O–H groups in total. The molecule has 0 saturated carbocycles. The van der Waals surface area contributed by atoms with Crippen molar-refractivity contribution in [1.82, 2.24) is 20.2 Å². The summed E-state index contributed by atoms with van der Waals surface area (Å²) in [4.78, 5) is 24.7. The van der Waals surface area contributed by atoms with Gasteiger partial charge in [0, 0.05) is 31.7 Å². The van der Waals surface area contributed by atoms with Crippen LogP contribution in [0.25, 0.3) is 0 Å². The van der Waals surface area contributed by atoms with E-state index in [2.05, 4.69) is 26.3 Å². The van der Waals surface area contributed by atoms with Gasteiger partial charge in [-0.05, 0) is 60.5 Å². The van der Waals surface area contributed by atoms with E-state index in [4.69, 9.17) is 0 Å². The molecule has 4 heterocycles. The Balaban J connectivity index is 1.51. The van der Waals surface area contributed by atoms with Crippen molar-refractivity contribution in [2.45, 2.75) is 25.4 Å². The van der Waals surface area contributed by atoms with Gasteiger partial charge >= 0.3 is 0 Å². The van der Waals surface area contributed by atoms with E-state index in [0.29, 0.717) is 5.92 Å². The molecule has 0 spiro atoms. The minimum Gasteiger partial charge on any atom is -0.343 e. The molecule has 0 aliphatic carbocycles. The third-order valence-electron chi connectivity index (χ3n) is 5.18. The highest BCUT2D eigenvalue weighted by atomic mass is 32.1. The first-order valence-corrected chi connectivity index (χ1v) is 10.5. The zero-order valence-electron chi connectivity index (χ0n) is 15.7. The predicted octanol–water partition coefficient (Wildman–Crippen LogP) is 3.92. The lowest BCUT2D eigenvalue weighted by Gasteiger charge is -2.37. The maximum Gasteiger partial charge on any atom is 0.261 e. The summed E-state index contributed by atoms with van der Waals surface area (Å²) in [6.07, 6.45) is 7.73. The highest BCUT2D eigenvalue weighted by Gasteiger charge is 2.30. The zero-order chi connectivity index (χ0) is 19.2. The van der Waals surface area contributed by atoms with Crippen molar-refractivity contribution < 1.29 is 4.79 Å². The number of nitrogens with zero attached hydrogens (tertiary/aromatic N) is 3. The second kappa shape index (κ2) is 9.08. The number of nitrogens with one attached hydrogen (secondary N) is 1. The summed E-state index contributed by atoms with van der Waals surface area (Å²) in [5.74, 6) is 0.305. The number of hydrogen-bond acceptors (Lipinski definition) is 5. The summed E-state index contributed by atoms with van der Waals surface area (Å²) in [5.41, 5.74) is 2.15. The van der Waals surface area contributed by atoms with Gasteiger partial charge in [0.2, 0.25) is 0 Å². The molecule has 4 rings (SSSR count). The smallest absolute Gasteiger partial charge is 0.261 e. The van der Waals surface area contributed by atoms with Gasteiger partial charge in [-0.25, -0.2) is 0 Å². The van der Waals surface area contributed by atoms with Crippen molar-refractivity contribution in [2.24, 2.45) is 5.92 Å². The summed E-state index contributed by atoms with van der Waals surface area (Å²) < 4.78 is 0. The first kappa shape index (κ1) is 18.8. The largest absolute Gasteiger partial charge is 0.343 e. The van der Waals surface area contributed by atoms with E-state index >= 15 is 0 Å².